The van der Waals surface area contributed by atoms with Gasteiger partial charge in [-0.15, -0.1) is 12.4 Å². The molecule has 25 heavy (non-hydrogen) atoms. The van der Waals surface area contributed by atoms with Crippen molar-refractivity contribution in [2.24, 2.45) is 0 Å². The number of halogens is 1. The van der Waals surface area contributed by atoms with E-state index in [0.717, 1.165) is 19.5 Å². The van der Waals surface area contributed by atoms with Gasteiger partial charge < -0.3 is 10.2 Å². The maximum Gasteiger partial charge on any atom is -0.000813 e. The molecule has 2 aromatic carbocycles. The molecule has 1 saturated heterocycles. The zero-order chi connectivity index (χ0) is 16.5. The van der Waals surface area contributed by atoms with Gasteiger partial charge in [0.05, 0.1) is 0 Å². The van der Waals surface area contributed by atoms with Crippen molar-refractivity contribution in [3.8, 4) is 0 Å². The molecule has 0 aliphatic carbocycles. The van der Waals surface area contributed by atoms with E-state index in [1.807, 2.05) is 0 Å². The van der Waals surface area contributed by atoms with Crippen LogP contribution < -0.4 is 5.32 Å². The lowest BCUT2D eigenvalue weighted by atomic mass is 10.0. The summed E-state index contributed by atoms with van der Waals surface area (Å²) in [7, 11) is 0. The monoisotopic (exact) mass is 360 g/mol. The first-order valence-electron chi connectivity index (χ1n) is 9.83. The highest BCUT2D eigenvalue weighted by molar-refractivity contribution is 5.86. The normalized spacial score (nSPS) is 15.2. The number of hydrogen-bond donors (Lipinski definition) is 1. The summed E-state index contributed by atoms with van der Waals surface area (Å²) >= 11 is 0. The number of piperidine rings is 1. The molecular formula is C22H33ClN2. The van der Waals surface area contributed by atoms with Gasteiger partial charge in [-0.2, -0.15) is 0 Å². The third-order valence-electron chi connectivity index (χ3n) is 5.23. The molecule has 0 unspecified atom stereocenters. The van der Waals surface area contributed by atoms with Gasteiger partial charge >= 0.3 is 0 Å². The van der Waals surface area contributed by atoms with Gasteiger partial charge in [0.15, 0.2) is 0 Å². The average Bonchev–Trinajstić information content (AvgIpc) is 2.65. The quantitative estimate of drug-likeness (QED) is 0.629. The predicted molar refractivity (Wildman–Crippen MR) is 112 cm³/mol. The maximum absolute atomic E-state index is 3.62. The zero-order valence-electron chi connectivity index (χ0n) is 15.4. The largest absolute Gasteiger partial charge is 0.316 e. The number of rotatable bonds is 9. The molecule has 0 saturated carbocycles. The SMILES string of the molecule is Cl.c1ccc2c(CCNCCCCCN3CCCCC3)cccc2c1. The van der Waals surface area contributed by atoms with E-state index in [-0.39, 0.29) is 12.4 Å². The fraction of sp³-hybridized carbons (Fsp3) is 0.545. The standard InChI is InChI=1S/C22H32N2.ClH/c1(6-17-24-18-7-2-8-19-24)5-15-23-16-14-21-12-9-11-20-10-3-4-13-22(20)21;/h3-4,9-13,23H,1-2,5-8,14-19H2;1H. The Morgan fingerprint density at radius 3 is 2.48 bits per heavy atom. The highest BCUT2D eigenvalue weighted by atomic mass is 35.5. The fourth-order valence-corrected chi connectivity index (χ4v) is 3.80. The lowest BCUT2D eigenvalue weighted by Gasteiger charge is -2.26. The molecule has 1 heterocycles. The van der Waals surface area contributed by atoms with E-state index in [4.69, 9.17) is 0 Å². The summed E-state index contributed by atoms with van der Waals surface area (Å²) in [6.07, 6.45) is 9.42. The van der Waals surface area contributed by atoms with Crippen LogP contribution in [0.15, 0.2) is 42.5 Å². The van der Waals surface area contributed by atoms with E-state index in [2.05, 4.69) is 52.7 Å². The molecule has 138 valence electrons. The summed E-state index contributed by atoms with van der Waals surface area (Å²) in [6, 6.07) is 15.4. The topological polar surface area (TPSA) is 15.3 Å². The lowest BCUT2D eigenvalue weighted by Crippen LogP contribution is -2.30. The fourth-order valence-electron chi connectivity index (χ4n) is 3.80. The minimum Gasteiger partial charge on any atom is -0.316 e. The van der Waals surface area contributed by atoms with Crippen molar-refractivity contribution < 1.29 is 0 Å². The zero-order valence-corrected chi connectivity index (χ0v) is 16.2. The van der Waals surface area contributed by atoms with Crippen molar-refractivity contribution >= 4 is 23.2 Å². The van der Waals surface area contributed by atoms with Gasteiger partial charge in [-0.1, -0.05) is 55.3 Å². The van der Waals surface area contributed by atoms with E-state index in [1.54, 1.807) is 0 Å². The molecule has 0 amide bonds. The van der Waals surface area contributed by atoms with Crippen LogP contribution in [0, 0.1) is 0 Å². The molecule has 2 nitrogen and oxygen atoms in total. The van der Waals surface area contributed by atoms with E-state index >= 15 is 0 Å². The first kappa shape index (κ1) is 20.2. The number of likely N-dealkylation sites (tertiary alicyclic amines) is 1. The lowest BCUT2D eigenvalue weighted by molar-refractivity contribution is 0.224. The Balaban J connectivity index is 0.00000225. The Morgan fingerprint density at radius 1 is 0.800 bits per heavy atom. The van der Waals surface area contributed by atoms with Gasteiger partial charge in [0, 0.05) is 0 Å². The van der Waals surface area contributed by atoms with Crippen molar-refractivity contribution in [2.75, 3.05) is 32.7 Å². The summed E-state index contributed by atoms with van der Waals surface area (Å²) in [5, 5.41) is 6.38. The minimum absolute atomic E-state index is 0. The Morgan fingerprint density at radius 2 is 1.60 bits per heavy atom. The van der Waals surface area contributed by atoms with Gasteiger partial charge in [-0.3, -0.25) is 0 Å². The summed E-state index contributed by atoms with van der Waals surface area (Å²) in [6.45, 7) is 6.23. The van der Waals surface area contributed by atoms with Gasteiger partial charge in [-0.05, 0) is 81.2 Å². The number of hydrogen-bond acceptors (Lipinski definition) is 2. The van der Waals surface area contributed by atoms with Gasteiger partial charge in [-0.25, -0.2) is 0 Å². The smallest absolute Gasteiger partial charge is 0.000813 e. The summed E-state index contributed by atoms with van der Waals surface area (Å²) in [5.41, 5.74) is 1.46. The molecule has 0 aromatic heterocycles. The molecular weight excluding hydrogens is 328 g/mol. The molecule has 1 aliphatic rings. The van der Waals surface area contributed by atoms with E-state index < -0.39 is 0 Å². The van der Waals surface area contributed by atoms with Crippen LogP contribution in [0.1, 0.15) is 44.1 Å². The molecule has 0 radical (unpaired) electrons. The number of unbranched alkanes of at least 4 members (excludes halogenated alkanes) is 2. The number of fused-ring (bicyclic) bond motifs is 1. The van der Waals surface area contributed by atoms with Crippen LogP contribution in [0.2, 0.25) is 0 Å². The molecule has 3 rings (SSSR count). The Kier molecular flexibility index (Phi) is 9.31. The molecule has 2 aromatic rings. The van der Waals surface area contributed by atoms with E-state index in [1.165, 1.54) is 74.5 Å². The van der Waals surface area contributed by atoms with Crippen LogP contribution in [0.3, 0.4) is 0 Å². The first-order valence-corrected chi connectivity index (χ1v) is 9.83. The third-order valence-corrected chi connectivity index (χ3v) is 5.23. The first-order chi connectivity index (χ1) is 11.9. The maximum atomic E-state index is 3.62. The van der Waals surface area contributed by atoms with Crippen LogP contribution in [0.5, 0.6) is 0 Å². The Bertz CT molecular complexity index is 603. The van der Waals surface area contributed by atoms with Crippen molar-refractivity contribution in [1.82, 2.24) is 10.2 Å². The third kappa shape index (κ3) is 6.62. The molecule has 1 aliphatic heterocycles. The molecule has 1 fully saturated rings. The van der Waals surface area contributed by atoms with Crippen LogP contribution in [-0.2, 0) is 6.42 Å². The Hall–Kier alpha value is -1.09. The van der Waals surface area contributed by atoms with E-state index in [0.29, 0.717) is 0 Å². The molecule has 3 heteroatoms. The van der Waals surface area contributed by atoms with E-state index in [9.17, 15) is 0 Å². The average molecular weight is 361 g/mol. The molecule has 1 N–H and O–H groups in total. The van der Waals surface area contributed by atoms with Gasteiger partial charge in [0.1, 0.15) is 0 Å². The molecule has 0 bridgehead atoms. The highest BCUT2D eigenvalue weighted by Gasteiger charge is 2.08. The van der Waals surface area contributed by atoms with Gasteiger partial charge in [0.2, 0.25) is 0 Å². The van der Waals surface area contributed by atoms with Crippen LogP contribution in [0.25, 0.3) is 10.8 Å². The Labute approximate surface area is 159 Å². The summed E-state index contributed by atoms with van der Waals surface area (Å²) in [5.74, 6) is 0. The second-order valence-electron chi connectivity index (χ2n) is 7.10. The summed E-state index contributed by atoms with van der Waals surface area (Å²) < 4.78 is 0. The summed E-state index contributed by atoms with van der Waals surface area (Å²) in [4.78, 5) is 2.65. The second kappa shape index (κ2) is 11.5. The van der Waals surface area contributed by atoms with Crippen molar-refractivity contribution in [2.45, 2.75) is 44.9 Å². The highest BCUT2D eigenvalue weighted by Crippen LogP contribution is 2.18. The predicted octanol–water partition coefficient (Wildman–Crippen LogP) is 5.05. The number of benzene rings is 2. The van der Waals surface area contributed by atoms with Crippen LogP contribution >= 0.6 is 12.4 Å². The van der Waals surface area contributed by atoms with Crippen molar-refractivity contribution in [1.29, 1.82) is 0 Å². The van der Waals surface area contributed by atoms with Gasteiger partial charge in [0.25, 0.3) is 0 Å². The number of nitrogens with one attached hydrogen (secondary N) is 1. The van der Waals surface area contributed by atoms with Crippen LogP contribution in [-0.4, -0.2) is 37.6 Å². The minimum atomic E-state index is 0. The van der Waals surface area contributed by atoms with Crippen LogP contribution in [0.4, 0.5) is 0 Å². The molecule has 0 atom stereocenters. The van der Waals surface area contributed by atoms with Crippen molar-refractivity contribution in [3.05, 3.63) is 48.0 Å². The molecule has 0 spiro atoms. The second-order valence-corrected chi connectivity index (χ2v) is 7.10. The number of nitrogens with zero attached hydrogens (tertiary/aromatic N) is 1. The van der Waals surface area contributed by atoms with Crippen molar-refractivity contribution in [3.63, 3.8) is 0 Å².